The average Bonchev–Trinajstić information content (AvgIpc) is 1.98. The van der Waals surface area contributed by atoms with Crippen LogP contribution in [0.5, 0.6) is 0 Å². The monoisotopic (exact) mass is 140 g/mol. The molecule has 0 aromatic heterocycles. The average molecular weight is 140 g/mol. The van der Waals surface area contributed by atoms with Crippen LogP contribution in [0.2, 0.25) is 0 Å². The number of ketones is 1. The van der Waals surface area contributed by atoms with Crippen molar-refractivity contribution in [2.24, 2.45) is 0 Å². The molecule has 0 fully saturated rings. The molecule has 0 bridgehead atoms. The predicted octanol–water partition coefficient (Wildman–Crippen LogP) is 2.71. The van der Waals surface area contributed by atoms with Gasteiger partial charge in [0, 0.05) is 6.42 Å². The van der Waals surface area contributed by atoms with Crippen molar-refractivity contribution in [1.82, 2.24) is 0 Å². The van der Waals surface area contributed by atoms with Crippen LogP contribution in [0.25, 0.3) is 0 Å². The first-order valence-corrected chi connectivity index (χ1v) is 3.88. The SMILES string of the molecule is C/C=C(/C)C(=O)CCCC. The minimum absolute atomic E-state index is 0.296. The Morgan fingerprint density at radius 2 is 2.10 bits per heavy atom. The van der Waals surface area contributed by atoms with Gasteiger partial charge in [-0.3, -0.25) is 4.79 Å². The van der Waals surface area contributed by atoms with Gasteiger partial charge in [0.25, 0.3) is 0 Å². The Morgan fingerprint density at radius 3 is 2.50 bits per heavy atom. The topological polar surface area (TPSA) is 17.1 Å². The fraction of sp³-hybridized carbons (Fsp3) is 0.667. The van der Waals surface area contributed by atoms with Crippen molar-refractivity contribution in [2.75, 3.05) is 0 Å². The lowest BCUT2D eigenvalue weighted by Gasteiger charge is -1.96. The van der Waals surface area contributed by atoms with E-state index in [0.717, 1.165) is 18.4 Å². The van der Waals surface area contributed by atoms with Gasteiger partial charge in [-0.1, -0.05) is 19.4 Å². The standard InChI is InChI=1S/C9H16O/c1-4-6-7-9(10)8(3)5-2/h5H,4,6-7H2,1-3H3/b8-5-. The third kappa shape index (κ3) is 3.44. The Hall–Kier alpha value is -0.590. The molecule has 0 spiro atoms. The molecule has 1 heteroatoms. The van der Waals surface area contributed by atoms with E-state index in [1.165, 1.54) is 0 Å². The molecule has 0 rings (SSSR count). The summed E-state index contributed by atoms with van der Waals surface area (Å²) in [4.78, 5) is 11.1. The highest BCUT2D eigenvalue weighted by Gasteiger charge is 2.00. The maximum atomic E-state index is 11.1. The van der Waals surface area contributed by atoms with Crippen molar-refractivity contribution in [3.05, 3.63) is 11.6 Å². The minimum Gasteiger partial charge on any atom is -0.295 e. The Labute approximate surface area is 63.1 Å². The zero-order valence-corrected chi connectivity index (χ0v) is 7.11. The van der Waals surface area contributed by atoms with Crippen LogP contribution >= 0.6 is 0 Å². The van der Waals surface area contributed by atoms with Gasteiger partial charge in [-0.2, -0.15) is 0 Å². The van der Waals surface area contributed by atoms with Gasteiger partial charge >= 0.3 is 0 Å². The Bertz CT molecular complexity index is 134. The second-order valence-corrected chi connectivity index (χ2v) is 2.50. The Kier molecular flexibility index (Phi) is 4.91. The van der Waals surface area contributed by atoms with E-state index in [4.69, 9.17) is 0 Å². The Morgan fingerprint density at radius 1 is 1.50 bits per heavy atom. The molecular formula is C9H16O. The molecule has 0 amide bonds. The third-order valence-corrected chi connectivity index (χ3v) is 1.63. The number of unbranched alkanes of at least 4 members (excludes halogenated alkanes) is 1. The van der Waals surface area contributed by atoms with Crippen LogP contribution in [-0.4, -0.2) is 5.78 Å². The fourth-order valence-corrected chi connectivity index (χ4v) is 0.695. The van der Waals surface area contributed by atoms with Crippen LogP contribution in [0.1, 0.15) is 40.0 Å². The number of hydrogen-bond acceptors (Lipinski definition) is 1. The van der Waals surface area contributed by atoms with Gasteiger partial charge in [0.1, 0.15) is 0 Å². The summed E-state index contributed by atoms with van der Waals surface area (Å²) in [7, 11) is 0. The highest BCUT2D eigenvalue weighted by Crippen LogP contribution is 2.02. The van der Waals surface area contributed by atoms with Crippen molar-refractivity contribution in [3.63, 3.8) is 0 Å². The summed E-state index contributed by atoms with van der Waals surface area (Å²) in [6, 6.07) is 0. The van der Waals surface area contributed by atoms with Gasteiger partial charge in [-0.15, -0.1) is 0 Å². The van der Waals surface area contributed by atoms with Gasteiger partial charge in [-0.05, 0) is 25.8 Å². The second-order valence-electron chi connectivity index (χ2n) is 2.50. The van der Waals surface area contributed by atoms with E-state index in [1.54, 1.807) is 0 Å². The van der Waals surface area contributed by atoms with E-state index in [1.807, 2.05) is 19.9 Å². The van der Waals surface area contributed by atoms with E-state index in [0.29, 0.717) is 12.2 Å². The number of carbonyl (C=O) groups excluding carboxylic acids is 1. The highest BCUT2D eigenvalue weighted by atomic mass is 16.1. The summed E-state index contributed by atoms with van der Waals surface area (Å²) in [5, 5.41) is 0. The quantitative estimate of drug-likeness (QED) is 0.549. The summed E-state index contributed by atoms with van der Waals surface area (Å²) >= 11 is 0. The summed E-state index contributed by atoms with van der Waals surface area (Å²) < 4.78 is 0. The first-order valence-electron chi connectivity index (χ1n) is 3.88. The lowest BCUT2D eigenvalue weighted by molar-refractivity contribution is -0.115. The Balaban J connectivity index is 3.63. The molecule has 0 aromatic carbocycles. The van der Waals surface area contributed by atoms with Gasteiger partial charge in [0.05, 0.1) is 0 Å². The summed E-state index contributed by atoms with van der Waals surface area (Å²) in [5.41, 5.74) is 0.897. The maximum absolute atomic E-state index is 11.1. The smallest absolute Gasteiger partial charge is 0.158 e. The molecule has 1 nitrogen and oxygen atoms in total. The van der Waals surface area contributed by atoms with Crippen LogP contribution in [0.4, 0.5) is 0 Å². The van der Waals surface area contributed by atoms with Crippen LogP contribution in [-0.2, 0) is 4.79 Å². The number of hydrogen-bond donors (Lipinski definition) is 0. The van der Waals surface area contributed by atoms with Crippen LogP contribution in [0.15, 0.2) is 11.6 Å². The maximum Gasteiger partial charge on any atom is 0.158 e. The second kappa shape index (κ2) is 5.21. The first-order chi connectivity index (χ1) is 4.72. The molecule has 0 aliphatic rings. The molecule has 58 valence electrons. The molecule has 0 aliphatic heterocycles. The molecule has 0 aromatic rings. The van der Waals surface area contributed by atoms with Gasteiger partial charge < -0.3 is 0 Å². The normalized spacial score (nSPS) is 11.7. The van der Waals surface area contributed by atoms with Crippen molar-refractivity contribution >= 4 is 5.78 Å². The molecule has 10 heavy (non-hydrogen) atoms. The van der Waals surface area contributed by atoms with Gasteiger partial charge in [-0.25, -0.2) is 0 Å². The lowest BCUT2D eigenvalue weighted by Crippen LogP contribution is -1.97. The highest BCUT2D eigenvalue weighted by molar-refractivity contribution is 5.94. The largest absolute Gasteiger partial charge is 0.295 e. The molecule has 0 unspecified atom stereocenters. The van der Waals surface area contributed by atoms with E-state index < -0.39 is 0 Å². The predicted molar refractivity (Wildman–Crippen MR) is 44.0 cm³/mol. The van der Waals surface area contributed by atoms with Crippen LogP contribution in [0.3, 0.4) is 0 Å². The number of carbonyl (C=O) groups is 1. The fourth-order valence-electron chi connectivity index (χ4n) is 0.695. The molecule has 0 heterocycles. The van der Waals surface area contributed by atoms with E-state index in [2.05, 4.69) is 6.92 Å². The van der Waals surface area contributed by atoms with Crippen molar-refractivity contribution in [1.29, 1.82) is 0 Å². The summed E-state index contributed by atoms with van der Waals surface area (Å²) in [6.45, 7) is 5.87. The van der Waals surface area contributed by atoms with Crippen LogP contribution in [0, 0.1) is 0 Å². The zero-order chi connectivity index (χ0) is 7.98. The third-order valence-electron chi connectivity index (χ3n) is 1.63. The molecular weight excluding hydrogens is 124 g/mol. The zero-order valence-electron chi connectivity index (χ0n) is 7.11. The van der Waals surface area contributed by atoms with E-state index in [-0.39, 0.29) is 0 Å². The molecule has 0 radical (unpaired) electrons. The summed E-state index contributed by atoms with van der Waals surface area (Å²) in [6.07, 6.45) is 4.71. The summed E-state index contributed by atoms with van der Waals surface area (Å²) in [5.74, 6) is 0.296. The number of allylic oxidation sites excluding steroid dienone is 2. The van der Waals surface area contributed by atoms with E-state index >= 15 is 0 Å². The van der Waals surface area contributed by atoms with Crippen LogP contribution < -0.4 is 0 Å². The van der Waals surface area contributed by atoms with Crippen molar-refractivity contribution in [2.45, 2.75) is 40.0 Å². The van der Waals surface area contributed by atoms with Crippen molar-refractivity contribution in [3.8, 4) is 0 Å². The molecule has 0 atom stereocenters. The lowest BCUT2D eigenvalue weighted by atomic mass is 10.1. The van der Waals surface area contributed by atoms with E-state index in [9.17, 15) is 4.79 Å². The van der Waals surface area contributed by atoms with Crippen molar-refractivity contribution < 1.29 is 4.79 Å². The molecule has 0 saturated carbocycles. The minimum atomic E-state index is 0.296. The molecule has 0 saturated heterocycles. The number of rotatable bonds is 4. The number of Topliss-reactive ketones (excluding diaryl/α,β-unsaturated/α-hetero) is 1. The van der Waals surface area contributed by atoms with Gasteiger partial charge in [0.15, 0.2) is 5.78 Å². The first kappa shape index (κ1) is 9.41. The molecule has 0 aliphatic carbocycles. The molecule has 0 N–H and O–H groups in total. The van der Waals surface area contributed by atoms with Gasteiger partial charge in [0.2, 0.25) is 0 Å².